The highest BCUT2D eigenvalue weighted by Crippen LogP contribution is 2.38. The van der Waals surface area contributed by atoms with Gasteiger partial charge in [0.2, 0.25) is 5.82 Å². The van der Waals surface area contributed by atoms with Crippen LogP contribution in [0, 0.1) is 12.7 Å². The van der Waals surface area contributed by atoms with E-state index >= 15 is 0 Å². The van der Waals surface area contributed by atoms with Crippen LogP contribution in [-0.2, 0) is 6.54 Å². The number of allylic oxidation sites excluding steroid dienone is 1. The van der Waals surface area contributed by atoms with E-state index in [-0.39, 0.29) is 11.9 Å². The fourth-order valence-corrected chi connectivity index (χ4v) is 4.86. The van der Waals surface area contributed by atoms with Crippen molar-refractivity contribution in [1.29, 1.82) is 0 Å². The third kappa shape index (κ3) is 4.19. The molecule has 0 saturated carbocycles. The fraction of sp³-hybridized carbons (Fsp3) is 0.160. The monoisotopic (exact) mass is 476 g/mol. The van der Waals surface area contributed by atoms with Crippen LogP contribution in [0.2, 0.25) is 0 Å². The smallest absolute Gasteiger partial charge is 0.258 e. The van der Waals surface area contributed by atoms with Gasteiger partial charge < -0.3 is 14.7 Å². The second-order valence-corrected chi connectivity index (χ2v) is 9.20. The first kappa shape index (κ1) is 21.5. The number of rotatable bonds is 5. The van der Waals surface area contributed by atoms with E-state index < -0.39 is 0 Å². The summed E-state index contributed by atoms with van der Waals surface area (Å²) in [7, 11) is 0. The van der Waals surface area contributed by atoms with Crippen molar-refractivity contribution in [1.82, 2.24) is 20.4 Å². The molecule has 1 aliphatic rings. The number of halogens is 1. The predicted octanol–water partition coefficient (Wildman–Crippen LogP) is 6.11. The van der Waals surface area contributed by atoms with E-state index in [1.807, 2.05) is 42.3 Å². The van der Waals surface area contributed by atoms with Crippen molar-refractivity contribution in [3.8, 4) is 10.7 Å². The second-order valence-electron chi connectivity index (χ2n) is 7.87. The summed E-state index contributed by atoms with van der Waals surface area (Å²) in [6, 6.07) is 18.6. The molecule has 4 aromatic rings. The minimum Gasteiger partial charge on any atom is -0.351 e. The molecule has 0 radical (unpaired) electrons. The molecule has 2 aromatic carbocycles. The molecular weight excluding hydrogens is 455 g/mol. The zero-order valence-electron chi connectivity index (χ0n) is 18.1. The molecule has 0 fully saturated rings. The Hall–Kier alpha value is -3.36. The van der Waals surface area contributed by atoms with E-state index in [1.54, 1.807) is 23.5 Å². The highest BCUT2D eigenvalue weighted by Gasteiger charge is 2.34. The van der Waals surface area contributed by atoms with Crippen LogP contribution in [0.25, 0.3) is 16.3 Å². The highest BCUT2D eigenvalue weighted by molar-refractivity contribution is 7.80. The summed E-state index contributed by atoms with van der Waals surface area (Å²) in [5.41, 5.74) is 4.41. The molecule has 2 aromatic heterocycles. The van der Waals surface area contributed by atoms with E-state index in [0.717, 1.165) is 21.7 Å². The molecule has 33 heavy (non-hydrogen) atoms. The topological polar surface area (TPSA) is 54.2 Å². The first-order chi connectivity index (χ1) is 16.0. The summed E-state index contributed by atoms with van der Waals surface area (Å²) in [6.07, 6.45) is 0. The van der Waals surface area contributed by atoms with Crippen LogP contribution in [0.15, 0.2) is 76.3 Å². The van der Waals surface area contributed by atoms with Crippen LogP contribution in [0.3, 0.4) is 0 Å². The summed E-state index contributed by atoms with van der Waals surface area (Å²) < 4.78 is 20.1. The largest absolute Gasteiger partial charge is 0.351 e. The van der Waals surface area contributed by atoms with Crippen LogP contribution in [-0.4, -0.2) is 20.2 Å². The van der Waals surface area contributed by atoms with Gasteiger partial charge in [0.15, 0.2) is 5.11 Å². The first-order valence-corrected chi connectivity index (χ1v) is 11.8. The zero-order valence-corrected chi connectivity index (χ0v) is 19.7. The lowest BCUT2D eigenvalue weighted by molar-refractivity contribution is 0.395. The van der Waals surface area contributed by atoms with E-state index in [9.17, 15) is 4.39 Å². The number of benzene rings is 2. The Morgan fingerprint density at radius 2 is 1.88 bits per heavy atom. The summed E-state index contributed by atoms with van der Waals surface area (Å²) in [5.74, 6) is 0.680. The lowest BCUT2D eigenvalue weighted by Gasteiger charge is -2.37. The predicted molar refractivity (Wildman–Crippen MR) is 132 cm³/mol. The van der Waals surface area contributed by atoms with Crippen LogP contribution in [0.1, 0.15) is 35.5 Å². The van der Waals surface area contributed by atoms with Crippen LogP contribution in [0.4, 0.5) is 4.39 Å². The molecule has 0 amide bonds. The maximum atomic E-state index is 14.4. The number of aromatic nitrogens is 2. The Morgan fingerprint density at radius 1 is 1.09 bits per heavy atom. The number of hydrogen-bond donors (Lipinski definition) is 1. The number of hydrogen-bond acceptors (Lipinski definition) is 5. The van der Waals surface area contributed by atoms with Crippen molar-refractivity contribution in [2.24, 2.45) is 0 Å². The average Bonchev–Trinajstić information content (AvgIpc) is 3.50. The van der Waals surface area contributed by atoms with Crippen LogP contribution >= 0.6 is 23.6 Å². The molecule has 1 atom stereocenters. The van der Waals surface area contributed by atoms with Crippen molar-refractivity contribution in [3.63, 3.8) is 0 Å². The Balaban J connectivity index is 1.61. The second kappa shape index (κ2) is 8.88. The Morgan fingerprint density at radius 3 is 2.61 bits per heavy atom. The molecule has 5 rings (SSSR count). The molecule has 8 heteroatoms. The summed E-state index contributed by atoms with van der Waals surface area (Å²) >= 11 is 7.27. The van der Waals surface area contributed by atoms with Crippen LogP contribution < -0.4 is 5.32 Å². The van der Waals surface area contributed by atoms with Crippen molar-refractivity contribution in [2.45, 2.75) is 26.4 Å². The van der Waals surface area contributed by atoms with Gasteiger partial charge in [0.05, 0.1) is 23.0 Å². The fourth-order valence-electron chi connectivity index (χ4n) is 3.89. The maximum absolute atomic E-state index is 14.4. The van der Waals surface area contributed by atoms with E-state index in [1.165, 1.54) is 11.6 Å². The number of aryl methyl sites for hydroxylation is 1. The molecule has 1 aliphatic heterocycles. The Bertz CT molecular complexity index is 1330. The SMILES string of the molecule is CC1=C(c2nc(-c3cccs3)no2)C(c2ccc(C)cc2)NC(=S)N1Cc1ccccc1F. The molecule has 0 aliphatic carbocycles. The number of nitrogens with zero attached hydrogens (tertiary/aromatic N) is 3. The third-order valence-electron chi connectivity index (χ3n) is 5.69. The maximum Gasteiger partial charge on any atom is 0.258 e. The van der Waals surface area contributed by atoms with Gasteiger partial charge in [-0.2, -0.15) is 4.98 Å². The lowest BCUT2D eigenvalue weighted by atomic mass is 9.94. The van der Waals surface area contributed by atoms with Gasteiger partial charge in [-0.25, -0.2) is 4.39 Å². The van der Waals surface area contributed by atoms with Crippen molar-refractivity contribution in [3.05, 3.63) is 100 Å². The van der Waals surface area contributed by atoms with Gasteiger partial charge in [-0.05, 0) is 49.1 Å². The Labute approximate surface area is 200 Å². The van der Waals surface area contributed by atoms with Gasteiger partial charge >= 0.3 is 0 Å². The number of nitrogens with one attached hydrogen (secondary N) is 1. The highest BCUT2D eigenvalue weighted by atomic mass is 32.1. The quantitative estimate of drug-likeness (QED) is 0.351. The molecule has 3 heterocycles. The summed E-state index contributed by atoms with van der Waals surface area (Å²) in [4.78, 5) is 7.50. The van der Waals surface area contributed by atoms with Gasteiger partial charge in [0.1, 0.15) is 5.82 Å². The van der Waals surface area contributed by atoms with Gasteiger partial charge in [0, 0.05) is 11.3 Å². The van der Waals surface area contributed by atoms with Crippen LogP contribution in [0.5, 0.6) is 0 Å². The number of thiophene rings is 1. The minimum absolute atomic E-state index is 0.270. The Kier molecular flexibility index (Phi) is 5.78. The van der Waals surface area contributed by atoms with Gasteiger partial charge in [-0.15, -0.1) is 11.3 Å². The molecule has 166 valence electrons. The molecule has 0 bridgehead atoms. The molecule has 1 unspecified atom stereocenters. The van der Waals surface area contributed by atoms with Gasteiger partial charge in [-0.3, -0.25) is 0 Å². The molecular formula is C25H21FN4OS2. The first-order valence-electron chi connectivity index (χ1n) is 10.5. The van der Waals surface area contributed by atoms with Gasteiger partial charge in [-0.1, -0.05) is 59.3 Å². The number of thiocarbonyl (C=S) groups is 1. The third-order valence-corrected chi connectivity index (χ3v) is 6.90. The van der Waals surface area contributed by atoms with Gasteiger partial charge in [0.25, 0.3) is 5.89 Å². The molecule has 0 spiro atoms. The average molecular weight is 477 g/mol. The molecule has 0 saturated heterocycles. The summed E-state index contributed by atoms with van der Waals surface area (Å²) in [5, 5.41) is 10.1. The normalized spacial score (nSPS) is 16.3. The van der Waals surface area contributed by atoms with Crippen molar-refractivity contribution >= 4 is 34.2 Å². The molecule has 1 N–H and O–H groups in total. The zero-order chi connectivity index (χ0) is 22.9. The summed E-state index contributed by atoms with van der Waals surface area (Å²) in [6.45, 7) is 4.30. The standard InChI is InChI=1S/C25H21FN4OS2/c1-15-9-11-17(12-10-15)22-21(24-28-23(29-31-24)20-8-5-13-33-20)16(2)30(25(32)27-22)14-18-6-3-4-7-19(18)26/h3-13,22H,14H2,1-2H3,(H,27,32). The molecule has 5 nitrogen and oxygen atoms in total. The van der Waals surface area contributed by atoms with Crippen molar-refractivity contribution in [2.75, 3.05) is 0 Å². The minimum atomic E-state index is -0.272. The lowest BCUT2D eigenvalue weighted by Crippen LogP contribution is -2.45. The van der Waals surface area contributed by atoms with Crippen molar-refractivity contribution < 1.29 is 8.91 Å². The van der Waals surface area contributed by atoms with E-state index in [0.29, 0.717) is 28.9 Å². The van der Waals surface area contributed by atoms with E-state index in [2.05, 4.69) is 34.7 Å². The van der Waals surface area contributed by atoms with E-state index in [4.69, 9.17) is 21.7 Å².